The van der Waals surface area contributed by atoms with E-state index >= 15 is 0 Å². The van der Waals surface area contributed by atoms with Crippen LogP contribution in [0.1, 0.15) is 34.2 Å². The average molecular weight is 382 g/mol. The molecule has 136 valence electrons. The van der Waals surface area contributed by atoms with Crippen LogP contribution in [0.5, 0.6) is 0 Å². The highest BCUT2D eigenvalue weighted by atomic mass is 35.5. The van der Waals surface area contributed by atoms with Gasteiger partial charge in [0.05, 0.1) is 27.5 Å². The van der Waals surface area contributed by atoms with E-state index in [1.807, 2.05) is 13.8 Å². The van der Waals surface area contributed by atoms with Gasteiger partial charge in [0.25, 0.3) is 5.91 Å². The van der Waals surface area contributed by atoms with Crippen molar-refractivity contribution in [1.29, 1.82) is 0 Å². The molecule has 2 aromatic heterocycles. The SMILES string of the molecule is CCc1nc2ccc(C(=O)Nc3cc(C(F)(F)F)ccc3Cl)cn2c1C. The van der Waals surface area contributed by atoms with E-state index < -0.39 is 17.6 Å². The molecular weight excluding hydrogens is 367 g/mol. The highest BCUT2D eigenvalue weighted by Crippen LogP contribution is 2.34. The third kappa shape index (κ3) is 3.39. The van der Waals surface area contributed by atoms with Gasteiger partial charge in [0.15, 0.2) is 0 Å². The Bertz CT molecular complexity index is 995. The van der Waals surface area contributed by atoms with Crippen molar-refractivity contribution in [2.45, 2.75) is 26.4 Å². The number of carbonyl (C=O) groups excluding carboxylic acids is 1. The summed E-state index contributed by atoms with van der Waals surface area (Å²) in [5, 5.41) is 2.47. The Hall–Kier alpha value is -2.54. The van der Waals surface area contributed by atoms with Gasteiger partial charge < -0.3 is 9.72 Å². The molecule has 0 saturated heterocycles. The van der Waals surface area contributed by atoms with Gasteiger partial charge in [-0.25, -0.2) is 4.98 Å². The first kappa shape index (κ1) is 18.3. The molecule has 1 amide bonds. The molecule has 0 fully saturated rings. The molecule has 3 aromatic rings. The van der Waals surface area contributed by atoms with Gasteiger partial charge >= 0.3 is 6.18 Å². The molecule has 4 nitrogen and oxygen atoms in total. The van der Waals surface area contributed by atoms with Crippen LogP contribution in [0.4, 0.5) is 18.9 Å². The normalized spacial score (nSPS) is 11.8. The number of carbonyl (C=O) groups is 1. The molecule has 1 N–H and O–H groups in total. The average Bonchev–Trinajstić information content (AvgIpc) is 2.91. The van der Waals surface area contributed by atoms with Gasteiger partial charge in [-0.05, 0) is 43.7 Å². The summed E-state index contributed by atoms with van der Waals surface area (Å²) in [4.78, 5) is 16.9. The van der Waals surface area contributed by atoms with E-state index in [1.54, 1.807) is 22.7 Å². The van der Waals surface area contributed by atoms with Crippen molar-refractivity contribution in [1.82, 2.24) is 9.38 Å². The van der Waals surface area contributed by atoms with Crippen molar-refractivity contribution < 1.29 is 18.0 Å². The van der Waals surface area contributed by atoms with Crippen molar-refractivity contribution in [3.8, 4) is 0 Å². The van der Waals surface area contributed by atoms with E-state index in [0.717, 1.165) is 36.0 Å². The number of hydrogen-bond acceptors (Lipinski definition) is 2. The van der Waals surface area contributed by atoms with Crippen LogP contribution < -0.4 is 5.32 Å². The first-order valence-corrected chi connectivity index (χ1v) is 8.24. The first-order valence-electron chi connectivity index (χ1n) is 7.86. The summed E-state index contributed by atoms with van der Waals surface area (Å²) in [5.74, 6) is -0.556. The number of pyridine rings is 1. The fraction of sp³-hybridized carbons (Fsp3) is 0.222. The van der Waals surface area contributed by atoms with Gasteiger partial charge in [0, 0.05) is 11.9 Å². The Kier molecular flexibility index (Phi) is 4.66. The lowest BCUT2D eigenvalue weighted by Crippen LogP contribution is -2.14. The molecule has 8 heteroatoms. The number of benzene rings is 1. The lowest BCUT2D eigenvalue weighted by molar-refractivity contribution is -0.137. The molecule has 0 spiro atoms. The van der Waals surface area contributed by atoms with Crippen molar-refractivity contribution in [3.63, 3.8) is 0 Å². The number of alkyl halides is 3. The number of halogens is 4. The zero-order valence-electron chi connectivity index (χ0n) is 14.0. The van der Waals surface area contributed by atoms with Crippen LogP contribution in [0.15, 0.2) is 36.5 Å². The molecule has 0 unspecified atom stereocenters. The van der Waals surface area contributed by atoms with E-state index in [9.17, 15) is 18.0 Å². The summed E-state index contributed by atoms with van der Waals surface area (Å²) in [7, 11) is 0. The molecule has 0 bridgehead atoms. The Balaban J connectivity index is 1.93. The predicted octanol–water partition coefficient (Wildman–Crippen LogP) is 5.13. The van der Waals surface area contributed by atoms with E-state index in [2.05, 4.69) is 10.3 Å². The van der Waals surface area contributed by atoms with Crippen LogP contribution >= 0.6 is 11.6 Å². The largest absolute Gasteiger partial charge is 0.416 e. The maximum atomic E-state index is 12.8. The topological polar surface area (TPSA) is 46.4 Å². The van der Waals surface area contributed by atoms with E-state index in [0.29, 0.717) is 5.65 Å². The van der Waals surface area contributed by atoms with Gasteiger partial charge in [-0.3, -0.25) is 4.79 Å². The number of rotatable bonds is 3. The minimum Gasteiger partial charge on any atom is -0.321 e. The number of fused-ring (bicyclic) bond motifs is 1. The fourth-order valence-electron chi connectivity index (χ4n) is 2.67. The lowest BCUT2D eigenvalue weighted by Gasteiger charge is -2.12. The molecule has 2 heterocycles. The summed E-state index contributed by atoms with van der Waals surface area (Å²) < 4.78 is 40.3. The van der Waals surface area contributed by atoms with E-state index in [4.69, 9.17) is 11.6 Å². The van der Waals surface area contributed by atoms with E-state index in [1.165, 1.54) is 0 Å². The summed E-state index contributed by atoms with van der Waals surface area (Å²) >= 11 is 5.92. The number of nitrogens with one attached hydrogen (secondary N) is 1. The van der Waals surface area contributed by atoms with Crippen molar-refractivity contribution in [2.24, 2.45) is 0 Å². The van der Waals surface area contributed by atoms with Crippen LogP contribution in [-0.2, 0) is 12.6 Å². The van der Waals surface area contributed by atoms with Crippen molar-refractivity contribution in [2.75, 3.05) is 5.32 Å². The molecule has 0 aliphatic heterocycles. The molecule has 0 atom stereocenters. The molecule has 0 aliphatic rings. The summed E-state index contributed by atoms with van der Waals surface area (Å²) in [6.45, 7) is 3.88. The van der Waals surface area contributed by atoms with Crippen LogP contribution in [0.3, 0.4) is 0 Å². The molecule has 3 rings (SSSR count). The molecule has 26 heavy (non-hydrogen) atoms. The van der Waals surface area contributed by atoms with Gasteiger partial charge in [0.2, 0.25) is 0 Å². The minimum atomic E-state index is -4.52. The maximum Gasteiger partial charge on any atom is 0.416 e. The standard InChI is InChI=1S/C18H15ClF3N3O/c1-3-14-10(2)25-9-11(4-7-16(25)23-14)17(26)24-15-8-12(18(20,21)22)5-6-13(15)19/h4-9H,3H2,1-2H3,(H,24,26). The third-order valence-corrected chi connectivity index (χ3v) is 4.42. The minimum absolute atomic E-state index is 0.0273. The van der Waals surface area contributed by atoms with Crippen LogP contribution in [-0.4, -0.2) is 15.3 Å². The van der Waals surface area contributed by atoms with Crippen LogP contribution in [0.25, 0.3) is 5.65 Å². The number of aromatic nitrogens is 2. The summed E-state index contributed by atoms with van der Waals surface area (Å²) in [5.41, 5.74) is 1.84. The quantitative estimate of drug-likeness (QED) is 0.683. The van der Waals surface area contributed by atoms with Gasteiger partial charge in [-0.1, -0.05) is 18.5 Å². The predicted molar refractivity (Wildman–Crippen MR) is 93.7 cm³/mol. The fourth-order valence-corrected chi connectivity index (χ4v) is 2.84. The molecular formula is C18H15ClF3N3O. The Morgan fingerprint density at radius 3 is 2.65 bits per heavy atom. The molecule has 0 radical (unpaired) electrons. The smallest absolute Gasteiger partial charge is 0.321 e. The monoisotopic (exact) mass is 381 g/mol. The number of hydrogen-bond donors (Lipinski definition) is 1. The van der Waals surface area contributed by atoms with Gasteiger partial charge in [-0.2, -0.15) is 13.2 Å². The number of imidazole rings is 1. The second-order valence-electron chi connectivity index (χ2n) is 5.79. The number of aryl methyl sites for hydroxylation is 2. The summed E-state index contributed by atoms with van der Waals surface area (Å²) in [6.07, 6.45) is -2.16. The molecule has 1 aromatic carbocycles. The zero-order chi connectivity index (χ0) is 19.1. The summed E-state index contributed by atoms with van der Waals surface area (Å²) in [6, 6.07) is 6.05. The maximum absolute atomic E-state index is 12.8. The number of amides is 1. The number of anilines is 1. The van der Waals surface area contributed by atoms with Crippen molar-refractivity contribution >= 4 is 28.8 Å². The van der Waals surface area contributed by atoms with Gasteiger partial charge in [0.1, 0.15) is 5.65 Å². The Morgan fingerprint density at radius 2 is 2.00 bits per heavy atom. The van der Waals surface area contributed by atoms with Gasteiger partial charge in [-0.15, -0.1) is 0 Å². The zero-order valence-corrected chi connectivity index (χ0v) is 14.7. The molecule has 0 saturated carbocycles. The second-order valence-corrected chi connectivity index (χ2v) is 6.20. The van der Waals surface area contributed by atoms with Crippen molar-refractivity contribution in [3.05, 3.63) is 64.1 Å². The first-order chi connectivity index (χ1) is 12.2. The Labute approximate surface area is 152 Å². The highest BCUT2D eigenvalue weighted by molar-refractivity contribution is 6.34. The number of nitrogens with zero attached hydrogens (tertiary/aromatic N) is 2. The van der Waals surface area contributed by atoms with Crippen LogP contribution in [0.2, 0.25) is 5.02 Å². The molecule has 0 aliphatic carbocycles. The Morgan fingerprint density at radius 1 is 1.27 bits per heavy atom. The lowest BCUT2D eigenvalue weighted by atomic mass is 10.2. The third-order valence-electron chi connectivity index (χ3n) is 4.09. The van der Waals surface area contributed by atoms with Crippen LogP contribution in [0, 0.1) is 6.92 Å². The highest BCUT2D eigenvalue weighted by Gasteiger charge is 2.31. The van der Waals surface area contributed by atoms with E-state index in [-0.39, 0.29) is 16.3 Å². The second kappa shape index (κ2) is 6.64.